The van der Waals surface area contributed by atoms with Gasteiger partial charge in [-0.1, -0.05) is 75.0 Å². The standard InChI is InChI=1S/C14H18ClFN2O2.C14H19FN2O3.CH2ClI/c1-2-3-4-5-11(12(19)9-15)18-14(20)10-6-7-17-13(16)8-10;1-3-4-5-6-11(14(19)20-2)17-13(18)10-7-8-16-12(15)9-10;2-1-3/h6-8,11H,2-5,9H2,1H3,(H,18,20);7-9,11H,3-6H2,1-2H3,(H,17,18);1H2/t2*11-;/m00./s1. The maximum Gasteiger partial charge on any atom is 0.328 e. The Morgan fingerprint density at radius 2 is 1.26 bits per heavy atom. The molecule has 9 nitrogen and oxygen atoms in total. The van der Waals surface area contributed by atoms with Crippen molar-refractivity contribution in [2.24, 2.45) is 0 Å². The van der Waals surface area contributed by atoms with Crippen molar-refractivity contribution in [3.63, 3.8) is 0 Å². The number of rotatable bonds is 15. The molecule has 240 valence electrons. The lowest BCUT2D eigenvalue weighted by molar-refractivity contribution is -0.143. The van der Waals surface area contributed by atoms with Gasteiger partial charge in [0.25, 0.3) is 11.8 Å². The number of Topliss-reactive ketones (excluding diaryl/α,β-unsaturated/α-hetero) is 1. The van der Waals surface area contributed by atoms with Crippen LogP contribution in [-0.4, -0.2) is 62.5 Å². The summed E-state index contributed by atoms with van der Waals surface area (Å²) < 4.78 is 31.3. The van der Waals surface area contributed by atoms with Gasteiger partial charge in [0.15, 0.2) is 5.78 Å². The number of halogens is 5. The van der Waals surface area contributed by atoms with Crippen LogP contribution in [0.15, 0.2) is 36.7 Å². The predicted octanol–water partition coefficient (Wildman–Crippen LogP) is 6.40. The fraction of sp³-hybridized carbons (Fsp3) is 0.517. The quantitative estimate of drug-likeness (QED) is 0.0708. The van der Waals surface area contributed by atoms with Gasteiger partial charge in [0.2, 0.25) is 11.9 Å². The molecule has 0 fully saturated rings. The highest BCUT2D eigenvalue weighted by Gasteiger charge is 2.22. The number of carbonyl (C=O) groups is 4. The maximum absolute atomic E-state index is 13.0. The van der Waals surface area contributed by atoms with E-state index < -0.39 is 41.8 Å². The lowest BCUT2D eigenvalue weighted by Gasteiger charge is -2.16. The first-order valence-corrected chi connectivity index (χ1v) is 16.3. The Hall–Kier alpha value is -2.45. The van der Waals surface area contributed by atoms with E-state index in [1.807, 2.05) is 6.92 Å². The fourth-order valence-corrected chi connectivity index (χ4v) is 3.75. The number of hydrogen-bond acceptors (Lipinski definition) is 7. The molecule has 0 bridgehead atoms. The second-order valence-corrected chi connectivity index (χ2v) is 11.2. The van der Waals surface area contributed by atoms with E-state index in [2.05, 4.69) is 54.9 Å². The number of alkyl halides is 3. The monoisotopic (exact) mass is 758 g/mol. The molecule has 2 aromatic rings. The van der Waals surface area contributed by atoms with Gasteiger partial charge in [-0.25, -0.2) is 14.8 Å². The van der Waals surface area contributed by atoms with Crippen LogP contribution in [0.25, 0.3) is 0 Å². The SMILES string of the molecule is CCCCC[C@H](NC(=O)c1ccnc(F)c1)C(=O)CCl.CCCCC[C@H](NC(=O)c1ccnc(F)c1)C(=O)OC.ClCI. The molecule has 2 amide bonds. The van der Waals surface area contributed by atoms with Gasteiger partial charge in [0, 0.05) is 35.7 Å². The van der Waals surface area contributed by atoms with Crippen molar-refractivity contribution in [3.05, 3.63) is 59.7 Å². The zero-order valence-corrected chi connectivity index (χ0v) is 28.2. The smallest absolute Gasteiger partial charge is 0.328 e. The van der Waals surface area contributed by atoms with Crippen LogP contribution in [0.5, 0.6) is 0 Å². The van der Waals surface area contributed by atoms with E-state index in [1.54, 1.807) is 0 Å². The van der Waals surface area contributed by atoms with E-state index in [1.165, 1.54) is 31.6 Å². The summed E-state index contributed by atoms with van der Waals surface area (Å²) >= 11 is 12.6. The minimum atomic E-state index is -0.738. The number of nitrogens with one attached hydrogen (secondary N) is 2. The number of hydrogen-bond donors (Lipinski definition) is 2. The molecular formula is C29H39Cl2F2IN4O5. The van der Waals surface area contributed by atoms with Gasteiger partial charge in [-0.3, -0.25) is 14.4 Å². The summed E-state index contributed by atoms with van der Waals surface area (Å²) in [7, 11) is 1.27. The topological polar surface area (TPSA) is 127 Å². The number of nitrogens with zero attached hydrogens (tertiary/aromatic N) is 2. The number of esters is 1. The molecule has 0 aliphatic heterocycles. The highest BCUT2D eigenvalue weighted by Crippen LogP contribution is 2.09. The van der Waals surface area contributed by atoms with Crippen LogP contribution in [0.3, 0.4) is 0 Å². The van der Waals surface area contributed by atoms with Gasteiger partial charge in [-0.2, -0.15) is 8.78 Å². The summed E-state index contributed by atoms with van der Waals surface area (Å²) in [4.78, 5) is 54.0. The molecule has 0 spiro atoms. The predicted molar refractivity (Wildman–Crippen MR) is 172 cm³/mol. The Kier molecular flexibility index (Phi) is 23.5. The maximum atomic E-state index is 13.0. The summed E-state index contributed by atoms with van der Waals surface area (Å²) in [5.74, 6) is -3.36. The number of methoxy groups -OCH3 is 1. The summed E-state index contributed by atoms with van der Waals surface area (Å²) in [6.07, 6.45) is 9.06. The first kappa shape index (κ1) is 40.5. The van der Waals surface area contributed by atoms with E-state index in [0.29, 0.717) is 16.7 Å². The fourth-order valence-electron chi connectivity index (χ4n) is 3.57. The lowest BCUT2D eigenvalue weighted by atomic mass is 10.0. The Bertz CT molecular complexity index is 1050. The third-order valence-corrected chi connectivity index (χ3v) is 6.05. The highest BCUT2D eigenvalue weighted by molar-refractivity contribution is 14.1. The number of unbranched alkanes of at least 4 members (excludes halogenated alkanes) is 4. The Morgan fingerprint density at radius 3 is 1.63 bits per heavy atom. The molecule has 0 radical (unpaired) electrons. The average Bonchev–Trinajstić information content (AvgIpc) is 3.00. The van der Waals surface area contributed by atoms with E-state index in [-0.39, 0.29) is 22.8 Å². The highest BCUT2D eigenvalue weighted by atomic mass is 127. The van der Waals surface area contributed by atoms with E-state index in [4.69, 9.17) is 23.2 Å². The number of amides is 2. The summed E-state index contributed by atoms with van der Waals surface area (Å²) in [5, 5.41) is 5.16. The minimum Gasteiger partial charge on any atom is -0.467 e. The molecule has 0 aliphatic carbocycles. The van der Waals surface area contributed by atoms with Crippen molar-refractivity contribution in [1.29, 1.82) is 0 Å². The molecular weight excluding hydrogens is 720 g/mol. The molecule has 2 rings (SSSR count). The van der Waals surface area contributed by atoms with Crippen molar-refractivity contribution < 1.29 is 32.7 Å². The van der Waals surface area contributed by atoms with Crippen molar-refractivity contribution in [2.75, 3.05) is 16.9 Å². The number of carbonyl (C=O) groups excluding carboxylic acids is 4. The van der Waals surface area contributed by atoms with Crippen LogP contribution in [-0.2, 0) is 14.3 Å². The van der Waals surface area contributed by atoms with Gasteiger partial charge in [0.05, 0.1) is 22.9 Å². The van der Waals surface area contributed by atoms with Crippen LogP contribution in [0.1, 0.15) is 85.9 Å². The van der Waals surface area contributed by atoms with Crippen LogP contribution >= 0.6 is 45.8 Å². The Labute approximate surface area is 275 Å². The number of pyridine rings is 2. The van der Waals surface area contributed by atoms with Gasteiger partial charge in [-0.05, 0) is 25.0 Å². The third kappa shape index (κ3) is 18.1. The molecule has 0 aromatic carbocycles. The van der Waals surface area contributed by atoms with Crippen molar-refractivity contribution >= 4 is 69.4 Å². The third-order valence-electron chi connectivity index (χ3n) is 5.79. The van der Waals surface area contributed by atoms with Crippen LogP contribution < -0.4 is 10.6 Å². The second-order valence-electron chi connectivity index (χ2n) is 9.00. The van der Waals surface area contributed by atoms with Crippen molar-refractivity contribution in [2.45, 2.75) is 77.3 Å². The largest absolute Gasteiger partial charge is 0.467 e. The van der Waals surface area contributed by atoms with E-state index >= 15 is 0 Å². The number of ketones is 1. The summed E-state index contributed by atoms with van der Waals surface area (Å²) in [5.41, 5.74) is 0.266. The molecule has 0 saturated carbocycles. The van der Waals surface area contributed by atoms with Gasteiger partial charge in [0.1, 0.15) is 6.04 Å². The molecule has 43 heavy (non-hydrogen) atoms. The normalized spacial score (nSPS) is 11.4. The zero-order valence-electron chi connectivity index (χ0n) is 24.5. The first-order valence-electron chi connectivity index (χ1n) is 13.7. The minimum absolute atomic E-state index is 0.127. The molecule has 2 N–H and O–H groups in total. The van der Waals surface area contributed by atoms with E-state index in [0.717, 1.165) is 50.7 Å². The van der Waals surface area contributed by atoms with Crippen LogP contribution in [0.2, 0.25) is 0 Å². The lowest BCUT2D eigenvalue weighted by Crippen LogP contribution is -2.41. The second kappa shape index (κ2) is 24.9. The number of aromatic nitrogens is 2. The molecule has 2 atom stereocenters. The zero-order chi connectivity index (χ0) is 32.6. The van der Waals surface area contributed by atoms with Gasteiger partial charge < -0.3 is 15.4 Å². The molecule has 14 heteroatoms. The molecule has 0 unspecified atom stereocenters. The van der Waals surface area contributed by atoms with Gasteiger partial charge >= 0.3 is 5.97 Å². The Morgan fingerprint density at radius 1 is 0.837 bits per heavy atom. The van der Waals surface area contributed by atoms with Crippen LogP contribution in [0.4, 0.5) is 8.78 Å². The molecule has 0 aliphatic rings. The summed E-state index contributed by atoms with van der Waals surface area (Å²) in [6.45, 7) is 4.10. The van der Waals surface area contributed by atoms with Gasteiger partial charge in [-0.15, -0.1) is 23.2 Å². The Balaban J connectivity index is 0.000000751. The molecule has 0 saturated heterocycles. The summed E-state index contributed by atoms with van der Waals surface area (Å²) in [6, 6.07) is 3.50. The van der Waals surface area contributed by atoms with E-state index in [9.17, 15) is 28.0 Å². The molecule has 2 aromatic heterocycles. The molecule has 2 heterocycles. The first-order chi connectivity index (χ1) is 20.6. The van der Waals surface area contributed by atoms with Crippen molar-refractivity contribution in [3.8, 4) is 0 Å². The van der Waals surface area contributed by atoms with Crippen molar-refractivity contribution in [1.82, 2.24) is 20.6 Å². The van der Waals surface area contributed by atoms with Crippen LogP contribution in [0, 0.1) is 11.9 Å². The average molecular weight is 759 g/mol. The number of ether oxygens (including phenoxy) is 1.